The van der Waals surface area contributed by atoms with Crippen molar-refractivity contribution in [1.82, 2.24) is 19.8 Å². The highest BCUT2D eigenvalue weighted by atomic mass is 32.1. The van der Waals surface area contributed by atoms with E-state index in [1.807, 2.05) is 52.1 Å². The predicted molar refractivity (Wildman–Crippen MR) is 119 cm³/mol. The number of carbonyl (C=O) groups is 1. The van der Waals surface area contributed by atoms with Crippen LogP contribution in [0.2, 0.25) is 0 Å². The summed E-state index contributed by atoms with van der Waals surface area (Å²) in [5.74, 6) is -0.564. The molecule has 1 aromatic carbocycles. The van der Waals surface area contributed by atoms with Crippen LogP contribution in [0.1, 0.15) is 36.3 Å². The third-order valence-electron chi connectivity index (χ3n) is 5.40. The molecule has 8 heteroatoms. The first-order valence-electron chi connectivity index (χ1n) is 10.1. The number of benzene rings is 1. The van der Waals surface area contributed by atoms with Gasteiger partial charge in [-0.25, -0.2) is 4.39 Å². The lowest BCUT2D eigenvalue weighted by Gasteiger charge is -2.29. The van der Waals surface area contributed by atoms with Crippen molar-refractivity contribution in [2.24, 2.45) is 0 Å². The summed E-state index contributed by atoms with van der Waals surface area (Å²) in [7, 11) is 1.38. The molecule has 1 fully saturated rings. The zero-order valence-corrected chi connectivity index (χ0v) is 17.9. The molecule has 0 amide bonds. The number of aromatic nitrogens is 2. The highest BCUT2D eigenvalue weighted by molar-refractivity contribution is 7.80. The second kappa shape index (κ2) is 9.26. The van der Waals surface area contributed by atoms with Gasteiger partial charge in [0.2, 0.25) is 0 Å². The lowest BCUT2D eigenvalue weighted by Crippen LogP contribution is -2.31. The molecule has 1 aliphatic heterocycles. The van der Waals surface area contributed by atoms with Gasteiger partial charge in [-0.1, -0.05) is 18.2 Å². The van der Waals surface area contributed by atoms with E-state index in [4.69, 9.17) is 17.0 Å². The standard InChI is InChI=1S/C23H23FN4O2S/c1-30-20(29)12-7-15-28-22(21(26-23(28)31)17-9-4-5-13-25-17)19-11-6-14-27(19)18-10-3-2-8-16(18)24/h2-6,8-11,13-14,21-22H,7,12,15H2,1H3,(H,26,31)/t21-,22-/m0/s1. The summed E-state index contributed by atoms with van der Waals surface area (Å²) in [6.45, 7) is 0.553. The van der Waals surface area contributed by atoms with Gasteiger partial charge in [0.25, 0.3) is 0 Å². The molecular formula is C23H23FN4O2S. The summed E-state index contributed by atoms with van der Waals surface area (Å²) < 4.78 is 21.2. The van der Waals surface area contributed by atoms with Gasteiger partial charge in [-0.2, -0.15) is 0 Å². The highest BCUT2D eigenvalue weighted by Gasteiger charge is 2.41. The summed E-state index contributed by atoms with van der Waals surface area (Å²) in [6, 6.07) is 15.8. The van der Waals surface area contributed by atoms with Gasteiger partial charge in [-0.05, 0) is 55.0 Å². The maximum atomic E-state index is 14.6. The van der Waals surface area contributed by atoms with Crippen LogP contribution < -0.4 is 5.32 Å². The Labute approximate surface area is 185 Å². The molecule has 1 saturated heterocycles. The van der Waals surface area contributed by atoms with Crippen molar-refractivity contribution in [3.05, 3.63) is 84.2 Å². The quantitative estimate of drug-likeness (QED) is 0.446. The van der Waals surface area contributed by atoms with Crippen LogP contribution in [0.15, 0.2) is 67.0 Å². The molecule has 2 aromatic heterocycles. The number of thiocarbonyl (C=S) groups is 1. The molecule has 0 saturated carbocycles. The largest absolute Gasteiger partial charge is 0.469 e. The van der Waals surface area contributed by atoms with Gasteiger partial charge in [0, 0.05) is 31.1 Å². The number of para-hydroxylation sites is 1. The van der Waals surface area contributed by atoms with Crippen LogP contribution in [0.5, 0.6) is 0 Å². The Kier molecular flexibility index (Phi) is 6.27. The number of ether oxygens (including phenoxy) is 1. The van der Waals surface area contributed by atoms with Gasteiger partial charge in [0.1, 0.15) is 5.82 Å². The number of hydrogen-bond donors (Lipinski definition) is 1. The molecule has 3 heterocycles. The summed E-state index contributed by atoms with van der Waals surface area (Å²) in [5, 5.41) is 3.95. The van der Waals surface area contributed by atoms with Crippen LogP contribution in [0.4, 0.5) is 4.39 Å². The lowest BCUT2D eigenvalue weighted by molar-refractivity contribution is -0.140. The number of nitrogens with one attached hydrogen (secondary N) is 1. The molecule has 0 aliphatic carbocycles. The van der Waals surface area contributed by atoms with E-state index in [0.717, 1.165) is 11.4 Å². The molecule has 2 atom stereocenters. The molecule has 31 heavy (non-hydrogen) atoms. The summed E-state index contributed by atoms with van der Waals surface area (Å²) >= 11 is 5.65. The average Bonchev–Trinajstić information content (AvgIpc) is 3.39. The maximum Gasteiger partial charge on any atom is 0.305 e. The fourth-order valence-electron chi connectivity index (χ4n) is 3.97. The molecule has 160 valence electrons. The van der Waals surface area contributed by atoms with Crippen LogP contribution in [-0.4, -0.2) is 39.2 Å². The minimum Gasteiger partial charge on any atom is -0.469 e. The van der Waals surface area contributed by atoms with Crippen molar-refractivity contribution in [2.45, 2.75) is 24.9 Å². The summed E-state index contributed by atoms with van der Waals surface area (Å²) in [4.78, 5) is 18.2. The molecule has 6 nitrogen and oxygen atoms in total. The first-order chi connectivity index (χ1) is 15.1. The Morgan fingerprint density at radius 2 is 2.00 bits per heavy atom. The van der Waals surface area contributed by atoms with Gasteiger partial charge in [0.05, 0.1) is 30.6 Å². The number of nitrogens with zero attached hydrogens (tertiary/aromatic N) is 3. The van der Waals surface area contributed by atoms with E-state index >= 15 is 0 Å². The normalized spacial score (nSPS) is 18.1. The first kappa shape index (κ1) is 21.0. The third kappa shape index (κ3) is 4.29. The number of rotatable bonds is 7. The minimum atomic E-state index is -0.305. The van der Waals surface area contributed by atoms with Gasteiger partial charge < -0.3 is 19.5 Å². The zero-order valence-electron chi connectivity index (χ0n) is 17.1. The van der Waals surface area contributed by atoms with Gasteiger partial charge in [-0.3, -0.25) is 9.78 Å². The summed E-state index contributed by atoms with van der Waals surface area (Å²) in [5.41, 5.74) is 2.19. The number of esters is 1. The van der Waals surface area contributed by atoms with E-state index in [9.17, 15) is 9.18 Å². The van der Waals surface area contributed by atoms with Crippen molar-refractivity contribution in [3.8, 4) is 5.69 Å². The SMILES string of the molecule is COC(=O)CCCN1C(=S)N[C@@H](c2ccccn2)[C@@H]1c1cccn1-c1ccccc1F. The van der Waals surface area contributed by atoms with Crippen molar-refractivity contribution >= 4 is 23.3 Å². The number of halogens is 1. The zero-order chi connectivity index (χ0) is 21.8. The summed E-state index contributed by atoms with van der Waals surface area (Å²) in [6.07, 6.45) is 4.47. The lowest BCUT2D eigenvalue weighted by atomic mass is 10.0. The molecule has 0 radical (unpaired) electrons. The molecule has 3 aromatic rings. The van der Waals surface area contributed by atoms with E-state index in [1.165, 1.54) is 13.2 Å². The average molecular weight is 439 g/mol. The molecule has 0 bridgehead atoms. The molecule has 1 N–H and O–H groups in total. The van der Waals surface area contributed by atoms with Gasteiger partial charge in [-0.15, -0.1) is 0 Å². The smallest absolute Gasteiger partial charge is 0.305 e. The molecular weight excluding hydrogens is 415 g/mol. The number of methoxy groups -OCH3 is 1. The van der Waals surface area contributed by atoms with Crippen LogP contribution in [-0.2, 0) is 9.53 Å². The van der Waals surface area contributed by atoms with Crippen LogP contribution in [0.25, 0.3) is 5.69 Å². The molecule has 0 spiro atoms. The van der Waals surface area contributed by atoms with Crippen LogP contribution in [0, 0.1) is 5.82 Å². The van der Waals surface area contributed by atoms with Crippen LogP contribution >= 0.6 is 12.2 Å². The first-order valence-corrected chi connectivity index (χ1v) is 10.5. The number of carbonyl (C=O) groups excluding carboxylic acids is 1. The fourth-order valence-corrected chi connectivity index (χ4v) is 4.30. The monoisotopic (exact) mass is 438 g/mol. The topological polar surface area (TPSA) is 59.4 Å². The van der Waals surface area contributed by atoms with Gasteiger partial charge in [0.15, 0.2) is 5.11 Å². The van der Waals surface area contributed by atoms with E-state index in [1.54, 1.807) is 18.3 Å². The van der Waals surface area contributed by atoms with Crippen molar-refractivity contribution in [3.63, 3.8) is 0 Å². The van der Waals surface area contributed by atoms with E-state index < -0.39 is 0 Å². The van der Waals surface area contributed by atoms with Crippen molar-refractivity contribution in [2.75, 3.05) is 13.7 Å². The second-order valence-corrected chi connectivity index (χ2v) is 7.64. The Hall–Kier alpha value is -3.26. The third-order valence-corrected chi connectivity index (χ3v) is 5.75. The molecule has 1 aliphatic rings. The highest BCUT2D eigenvalue weighted by Crippen LogP contribution is 2.39. The van der Waals surface area contributed by atoms with Gasteiger partial charge >= 0.3 is 5.97 Å². The Balaban J connectivity index is 1.73. The number of pyridine rings is 1. The van der Waals surface area contributed by atoms with Crippen molar-refractivity contribution < 1.29 is 13.9 Å². The van der Waals surface area contributed by atoms with E-state index in [-0.39, 0.29) is 23.9 Å². The Morgan fingerprint density at radius 1 is 1.19 bits per heavy atom. The van der Waals surface area contributed by atoms with E-state index in [0.29, 0.717) is 30.2 Å². The predicted octanol–water partition coefficient (Wildman–Crippen LogP) is 3.94. The van der Waals surface area contributed by atoms with Crippen LogP contribution in [0.3, 0.4) is 0 Å². The Bertz CT molecular complexity index is 1070. The number of hydrogen-bond acceptors (Lipinski definition) is 4. The molecule has 0 unspecified atom stereocenters. The fraction of sp³-hybridized carbons (Fsp3) is 0.261. The maximum absolute atomic E-state index is 14.6. The minimum absolute atomic E-state index is 0.216. The Morgan fingerprint density at radius 3 is 2.74 bits per heavy atom. The van der Waals surface area contributed by atoms with E-state index in [2.05, 4.69) is 10.3 Å². The second-order valence-electron chi connectivity index (χ2n) is 7.25. The molecule has 4 rings (SSSR count). The van der Waals surface area contributed by atoms with Crippen molar-refractivity contribution in [1.29, 1.82) is 0 Å².